The van der Waals surface area contributed by atoms with Gasteiger partial charge in [0.25, 0.3) is 0 Å². The third-order valence-electron chi connectivity index (χ3n) is 9.12. The summed E-state index contributed by atoms with van der Waals surface area (Å²) in [6, 6.07) is 61.7. The van der Waals surface area contributed by atoms with Crippen molar-refractivity contribution in [3.05, 3.63) is 176 Å². The minimum Gasteiger partial charge on any atom is -0.208 e. The molecule has 0 aliphatic rings. The summed E-state index contributed by atoms with van der Waals surface area (Å²) >= 11 is 0. The number of nitrogens with zero attached hydrogens (tertiary/aromatic N) is 3. The van der Waals surface area contributed by atoms with Crippen LogP contribution in [0.3, 0.4) is 0 Å². The lowest BCUT2D eigenvalue weighted by Gasteiger charge is -2.12. The number of fused-ring (bicyclic) bond motifs is 5. The Labute approximate surface area is 278 Å². The Balaban J connectivity index is 1.18. The molecule has 48 heavy (non-hydrogen) atoms. The lowest BCUT2D eigenvalue weighted by Crippen LogP contribution is -2.00. The van der Waals surface area contributed by atoms with Crippen molar-refractivity contribution in [2.75, 3.05) is 0 Å². The van der Waals surface area contributed by atoms with Crippen LogP contribution in [0.1, 0.15) is 0 Å². The van der Waals surface area contributed by atoms with Crippen LogP contribution in [0.4, 0.5) is 0 Å². The summed E-state index contributed by atoms with van der Waals surface area (Å²) in [6.45, 7) is 0. The van der Waals surface area contributed by atoms with Gasteiger partial charge in [-0.05, 0) is 60.6 Å². The molecule has 3 nitrogen and oxygen atoms in total. The van der Waals surface area contributed by atoms with Gasteiger partial charge in [0.15, 0.2) is 17.5 Å². The van der Waals surface area contributed by atoms with Crippen LogP contribution >= 0.6 is 0 Å². The molecule has 0 saturated heterocycles. The molecule has 0 bridgehead atoms. The van der Waals surface area contributed by atoms with Crippen LogP contribution < -0.4 is 0 Å². The van der Waals surface area contributed by atoms with E-state index in [4.69, 9.17) is 15.0 Å². The highest BCUT2D eigenvalue weighted by Crippen LogP contribution is 2.35. The van der Waals surface area contributed by atoms with Gasteiger partial charge in [0.1, 0.15) is 0 Å². The first-order valence-corrected chi connectivity index (χ1v) is 16.2. The smallest absolute Gasteiger partial charge is 0.164 e. The zero-order valence-electron chi connectivity index (χ0n) is 26.1. The quantitative estimate of drug-likeness (QED) is 0.182. The standard InChI is InChI=1S/C45H29N3/c1-3-9-30(10-4-1)32-15-22-36(23-16-32)43-46-44(37-24-17-33(18-25-37)31-11-5-2-6-12-31)48-45(47-43)39-27-28-41-38(29-39)26-21-35-20-19-34-13-7-8-14-40(34)42(35)41/h1-29H. The molecule has 0 spiro atoms. The van der Waals surface area contributed by atoms with E-state index in [9.17, 15) is 0 Å². The van der Waals surface area contributed by atoms with Crippen LogP contribution in [0.15, 0.2) is 176 Å². The van der Waals surface area contributed by atoms with Crippen molar-refractivity contribution < 1.29 is 0 Å². The summed E-state index contributed by atoms with van der Waals surface area (Å²) in [6.07, 6.45) is 0. The normalized spacial score (nSPS) is 11.3. The molecule has 3 heteroatoms. The molecule has 0 fully saturated rings. The Kier molecular flexibility index (Phi) is 6.80. The van der Waals surface area contributed by atoms with E-state index in [2.05, 4.69) is 164 Å². The van der Waals surface area contributed by atoms with Crippen LogP contribution in [0, 0.1) is 0 Å². The summed E-state index contributed by atoms with van der Waals surface area (Å²) in [5, 5.41) is 7.37. The Hall–Kier alpha value is -6.45. The van der Waals surface area contributed by atoms with E-state index in [1.54, 1.807) is 0 Å². The molecule has 0 radical (unpaired) electrons. The van der Waals surface area contributed by atoms with Gasteiger partial charge in [0, 0.05) is 16.7 Å². The van der Waals surface area contributed by atoms with E-state index in [1.165, 1.54) is 38.1 Å². The van der Waals surface area contributed by atoms with Crippen molar-refractivity contribution in [3.8, 4) is 56.4 Å². The van der Waals surface area contributed by atoms with E-state index >= 15 is 0 Å². The summed E-state index contributed by atoms with van der Waals surface area (Å²) in [4.78, 5) is 15.1. The fourth-order valence-corrected chi connectivity index (χ4v) is 6.62. The lowest BCUT2D eigenvalue weighted by atomic mass is 9.95. The van der Waals surface area contributed by atoms with Gasteiger partial charge in [-0.2, -0.15) is 0 Å². The Morgan fingerprint density at radius 3 is 1.23 bits per heavy atom. The zero-order valence-corrected chi connectivity index (χ0v) is 26.1. The van der Waals surface area contributed by atoms with Crippen molar-refractivity contribution >= 4 is 32.3 Å². The summed E-state index contributed by atoms with van der Waals surface area (Å²) in [5.41, 5.74) is 7.50. The molecule has 1 aromatic heterocycles. The molecule has 0 saturated carbocycles. The fourth-order valence-electron chi connectivity index (χ4n) is 6.62. The Morgan fingerprint density at radius 2 is 0.646 bits per heavy atom. The predicted molar refractivity (Wildman–Crippen MR) is 200 cm³/mol. The van der Waals surface area contributed by atoms with Gasteiger partial charge in [0.05, 0.1) is 0 Å². The van der Waals surface area contributed by atoms with Crippen LogP contribution in [0.5, 0.6) is 0 Å². The fraction of sp³-hybridized carbons (Fsp3) is 0. The van der Waals surface area contributed by atoms with Gasteiger partial charge in [-0.3, -0.25) is 0 Å². The molecule has 0 aliphatic heterocycles. The predicted octanol–water partition coefficient (Wildman–Crippen LogP) is 11.7. The number of hydrogen-bond acceptors (Lipinski definition) is 3. The molecule has 0 N–H and O–H groups in total. The third kappa shape index (κ3) is 5.08. The minimum absolute atomic E-state index is 0.645. The number of benzene rings is 8. The van der Waals surface area contributed by atoms with Gasteiger partial charge in [0.2, 0.25) is 0 Å². The van der Waals surface area contributed by atoms with E-state index < -0.39 is 0 Å². The molecular formula is C45H29N3. The zero-order chi connectivity index (χ0) is 31.9. The van der Waals surface area contributed by atoms with Crippen LogP contribution in [-0.4, -0.2) is 15.0 Å². The maximum absolute atomic E-state index is 5.06. The van der Waals surface area contributed by atoms with E-state index in [0.29, 0.717) is 17.5 Å². The molecular weight excluding hydrogens is 583 g/mol. The van der Waals surface area contributed by atoms with Gasteiger partial charge >= 0.3 is 0 Å². The third-order valence-corrected chi connectivity index (χ3v) is 9.12. The Bertz CT molecular complexity index is 2470. The molecule has 0 atom stereocenters. The second kappa shape index (κ2) is 11.7. The van der Waals surface area contributed by atoms with Crippen LogP contribution in [-0.2, 0) is 0 Å². The van der Waals surface area contributed by atoms with Crippen molar-refractivity contribution in [1.29, 1.82) is 0 Å². The van der Waals surface area contributed by atoms with E-state index in [1.807, 2.05) is 12.1 Å². The van der Waals surface area contributed by atoms with Gasteiger partial charge in [-0.1, -0.05) is 170 Å². The highest BCUT2D eigenvalue weighted by Gasteiger charge is 2.14. The average molecular weight is 612 g/mol. The molecule has 9 aromatic rings. The molecule has 224 valence electrons. The topological polar surface area (TPSA) is 38.7 Å². The maximum Gasteiger partial charge on any atom is 0.164 e. The average Bonchev–Trinajstić information content (AvgIpc) is 3.18. The van der Waals surface area contributed by atoms with Crippen molar-refractivity contribution in [2.45, 2.75) is 0 Å². The number of aromatic nitrogens is 3. The molecule has 0 aliphatic carbocycles. The molecule has 9 rings (SSSR count). The molecule has 0 amide bonds. The van der Waals surface area contributed by atoms with E-state index in [-0.39, 0.29) is 0 Å². The second-order valence-corrected chi connectivity index (χ2v) is 12.1. The van der Waals surface area contributed by atoms with Crippen LogP contribution in [0.2, 0.25) is 0 Å². The second-order valence-electron chi connectivity index (χ2n) is 12.1. The SMILES string of the molecule is c1ccc(-c2ccc(-c3nc(-c4ccc(-c5ccccc5)cc4)nc(-c4ccc5c(ccc6ccc7ccccc7c65)c4)n3)cc2)cc1. The number of hydrogen-bond donors (Lipinski definition) is 0. The summed E-state index contributed by atoms with van der Waals surface area (Å²) in [5.74, 6) is 1.94. The van der Waals surface area contributed by atoms with Gasteiger partial charge in [-0.15, -0.1) is 0 Å². The van der Waals surface area contributed by atoms with E-state index in [0.717, 1.165) is 33.2 Å². The van der Waals surface area contributed by atoms with Gasteiger partial charge < -0.3 is 0 Å². The molecule has 8 aromatic carbocycles. The van der Waals surface area contributed by atoms with Crippen molar-refractivity contribution in [1.82, 2.24) is 15.0 Å². The van der Waals surface area contributed by atoms with Crippen LogP contribution in [0.25, 0.3) is 88.7 Å². The largest absolute Gasteiger partial charge is 0.208 e. The summed E-state index contributed by atoms with van der Waals surface area (Å²) < 4.78 is 0. The van der Waals surface area contributed by atoms with Gasteiger partial charge in [-0.25, -0.2) is 15.0 Å². The highest BCUT2D eigenvalue weighted by atomic mass is 15.0. The minimum atomic E-state index is 0.645. The Morgan fingerprint density at radius 1 is 0.250 bits per heavy atom. The lowest BCUT2D eigenvalue weighted by molar-refractivity contribution is 1.07. The van der Waals surface area contributed by atoms with Crippen molar-refractivity contribution in [3.63, 3.8) is 0 Å². The summed E-state index contributed by atoms with van der Waals surface area (Å²) in [7, 11) is 0. The first-order chi connectivity index (χ1) is 23.8. The first-order valence-electron chi connectivity index (χ1n) is 16.2. The monoisotopic (exact) mass is 611 g/mol. The first kappa shape index (κ1) is 27.8. The highest BCUT2D eigenvalue weighted by molar-refractivity contribution is 6.20. The molecule has 0 unspecified atom stereocenters. The molecule has 1 heterocycles. The van der Waals surface area contributed by atoms with Crippen molar-refractivity contribution in [2.24, 2.45) is 0 Å². The maximum atomic E-state index is 5.06. The number of rotatable bonds is 5.